The minimum atomic E-state index is -0.913. The monoisotopic (exact) mass is 407 g/mol. The van der Waals surface area contributed by atoms with Crippen LogP contribution in [0.25, 0.3) is 6.08 Å². The number of hydrogen-bond donors (Lipinski definition) is 1. The van der Waals surface area contributed by atoms with Crippen molar-refractivity contribution in [3.05, 3.63) is 88.6 Å². The number of esters is 1. The molecule has 0 spiro atoms. The first-order chi connectivity index (χ1) is 14.1. The van der Waals surface area contributed by atoms with Gasteiger partial charge in [0.15, 0.2) is 6.10 Å². The predicted molar refractivity (Wildman–Crippen MR) is 115 cm³/mol. The zero-order valence-corrected chi connectivity index (χ0v) is 16.7. The lowest BCUT2D eigenvalue weighted by atomic mass is 10.2. The van der Waals surface area contributed by atoms with Crippen molar-refractivity contribution >= 4 is 35.0 Å². The van der Waals surface area contributed by atoms with Crippen LogP contribution < -0.4 is 10.1 Å². The molecule has 0 radical (unpaired) electrons. The number of rotatable bonds is 8. The van der Waals surface area contributed by atoms with E-state index in [1.54, 1.807) is 30.3 Å². The van der Waals surface area contributed by atoms with Gasteiger partial charge in [0.2, 0.25) is 0 Å². The van der Waals surface area contributed by atoms with Gasteiger partial charge in [-0.2, -0.15) is 11.3 Å². The summed E-state index contributed by atoms with van der Waals surface area (Å²) in [5.74, 6) is -0.270. The van der Waals surface area contributed by atoms with Crippen molar-refractivity contribution < 1.29 is 19.1 Å². The van der Waals surface area contributed by atoms with Gasteiger partial charge < -0.3 is 14.8 Å². The van der Waals surface area contributed by atoms with Gasteiger partial charge in [0.05, 0.1) is 0 Å². The predicted octanol–water partition coefficient (Wildman–Crippen LogP) is 4.91. The Hall–Kier alpha value is -3.38. The Kier molecular flexibility index (Phi) is 7.19. The van der Waals surface area contributed by atoms with Crippen molar-refractivity contribution in [3.8, 4) is 5.75 Å². The Bertz CT molecular complexity index is 950. The molecule has 2 aromatic carbocycles. The minimum Gasteiger partial charge on any atom is -0.489 e. The first kappa shape index (κ1) is 20.4. The van der Waals surface area contributed by atoms with Crippen molar-refractivity contribution in [3.63, 3.8) is 0 Å². The van der Waals surface area contributed by atoms with Crippen LogP contribution in [0.1, 0.15) is 18.1 Å². The fourth-order valence-electron chi connectivity index (χ4n) is 2.42. The van der Waals surface area contributed by atoms with Crippen LogP contribution in [0.5, 0.6) is 5.75 Å². The van der Waals surface area contributed by atoms with Gasteiger partial charge in [-0.1, -0.05) is 30.3 Å². The van der Waals surface area contributed by atoms with Crippen molar-refractivity contribution in [2.45, 2.75) is 19.6 Å². The van der Waals surface area contributed by atoms with Gasteiger partial charge in [0.25, 0.3) is 5.91 Å². The van der Waals surface area contributed by atoms with Crippen molar-refractivity contribution in [2.24, 2.45) is 0 Å². The highest BCUT2D eigenvalue weighted by molar-refractivity contribution is 7.08. The largest absolute Gasteiger partial charge is 0.489 e. The normalized spacial score (nSPS) is 11.8. The van der Waals surface area contributed by atoms with Crippen LogP contribution in [0, 0.1) is 0 Å². The smallest absolute Gasteiger partial charge is 0.331 e. The first-order valence-corrected chi connectivity index (χ1v) is 10.0. The highest BCUT2D eigenvalue weighted by Gasteiger charge is 2.16. The van der Waals surface area contributed by atoms with Gasteiger partial charge in [-0.3, -0.25) is 4.79 Å². The summed E-state index contributed by atoms with van der Waals surface area (Å²) in [5, 5.41) is 6.55. The number of amides is 1. The topological polar surface area (TPSA) is 64.6 Å². The Labute approximate surface area is 173 Å². The summed E-state index contributed by atoms with van der Waals surface area (Å²) in [5.41, 5.74) is 2.59. The highest BCUT2D eigenvalue weighted by Crippen LogP contribution is 2.17. The number of carbonyl (C=O) groups excluding carboxylic acids is 2. The number of nitrogens with one attached hydrogen (secondary N) is 1. The molecule has 6 heteroatoms. The summed E-state index contributed by atoms with van der Waals surface area (Å²) in [7, 11) is 0. The molecule has 0 unspecified atom stereocenters. The van der Waals surface area contributed by atoms with Crippen LogP contribution in [-0.4, -0.2) is 18.0 Å². The van der Waals surface area contributed by atoms with Crippen molar-refractivity contribution in [1.29, 1.82) is 0 Å². The lowest BCUT2D eigenvalue weighted by Gasteiger charge is -2.13. The van der Waals surface area contributed by atoms with Gasteiger partial charge in [-0.15, -0.1) is 0 Å². The lowest BCUT2D eigenvalue weighted by Crippen LogP contribution is -2.29. The maximum atomic E-state index is 12.2. The SMILES string of the molecule is C[C@H](OC(=O)/C=C/c1ccsc1)C(=O)Nc1ccc(OCc2ccccc2)cc1. The molecule has 1 heterocycles. The molecule has 0 aliphatic carbocycles. The Morgan fingerprint density at radius 1 is 1.07 bits per heavy atom. The summed E-state index contributed by atoms with van der Waals surface area (Å²) >= 11 is 1.54. The minimum absolute atomic E-state index is 0.403. The third-order valence-electron chi connectivity index (χ3n) is 3.99. The van der Waals surface area contributed by atoms with Gasteiger partial charge >= 0.3 is 5.97 Å². The number of anilines is 1. The second kappa shape index (κ2) is 10.2. The lowest BCUT2D eigenvalue weighted by molar-refractivity contribution is -0.148. The second-order valence-electron chi connectivity index (χ2n) is 6.26. The number of carbonyl (C=O) groups is 2. The molecule has 0 aliphatic rings. The summed E-state index contributed by atoms with van der Waals surface area (Å²) in [4.78, 5) is 24.1. The van der Waals surface area contributed by atoms with Gasteiger partial charge in [0.1, 0.15) is 12.4 Å². The van der Waals surface area contributed by atoms with Crippen LogP contribution >= 0.6 is 11.3 Å². The maximum Gasteiger partial charge on any atom is 0.331 e. The molecule has 1 atom stereocenters. The highest BCUT2D eigenvalue weighted by atomic mass is 32.1. The molecule has 1 N–H and O–H groups in total. The molecule has 0 saturated heterocycles. The number of benzene rings is 2. The van der Waals surface area contributed by atoms with E-state index >= 15 is 0 Å². The average Bonchev–Trinajstić information content (AvgIpc) is 3.26. The van der Waals surface area contributed by atoms with E-state index in [1.165, 1.54) is 24.3 Å². The zero-order valence-electron chi connectivity index (χ0n) is 15.9. The van der Waals surface area contributed by atoms with Crippen molar-refractivity contribution in [2.75, 3.05) is 5.32 Å². The van der Waals surface area contributed by atoms with E-state index in [9.17, 15) is 9.59 Å². The van der Waals surface area contributed by atoms with Crippen LogP contribution in [0.3, 0.4) is 0 Å². The summed E-state index contributed by atoms with van der Waals surface area (Å²) in [6, 6.07) is 18.8. The summed E-state index contributed by atoms with van der Waals surface area (Å²) in [6.45, 7) is 2.00. The first-order valence-electron chi connectivity index (χ1n) is 9.09. The van der Waals surface area contributed by atoms with E-state index in [0.717, 1.165) is 11.1 Å². The molecule has 0 saturated carbocycles. The van der Waals surface area contributed by atoms with E-state index in [1.807, 2.05) is 47.2 Å². The molecule has 0 fully saturated rings. The second-order valence-corrected chi connectivity index (χ2v) is 7.04. The molecule has 1 amide bonds. The van der Waals surface area contributed by atoms with E-state index in [0.29, 0.717) is 18.0 Å². The molecular weight excluding hydrogens is 386 g/mol. The van der Waals surface area contributed by atoms with E-state index < -0.39 is 18.0 Å². The molecule has 3 rings (SSSR count). The Morgan fingerprint density at radius 2 is 1.83 bits per heavy atom. The van der Waals surface area contributed by atoms with Crippen LogP contribution in [0.2, 0.25) is 0 Å². The number of hydrogen-bond acceptors (Lipinski definition) is 5. The summed E-state index contributed by atoms with van der Waals surface area (Å²) < 4.78 is 10.9. The van der Waals surface area contributed by atoms with Crippen molar-refractivity contribution in [1.82, 2.24) is 0 Å². The zero-order chi connectivity index (χ0) is 20.5. The fraction of sp³-hybridized carbons (Fsp3) is 0.130. The number of thiophene rings is 1. The quantitative estimate of drug-likeness (QED) is 0.426. The van der Waals surface area contributed by atoms with Crippen LogP contribution in [-0.2, 0) is 20.9 Å². The third kappa shape index (κ3) is 6.62. The van der Waals surface area contributed by atoms with Gasteiger partial charge in [-0.05, 0) is 65.2 Å². The van der Waals surface area contributed by atoms with E-state index in [2.05, 4.69) is 5.32 Å². The van der Waals surface area contributed by atoms with E-state index in [-0.39, 0.29) is 0 Å². The maximum absolute atomic E-state index is 12.2. The standard InChI is InChI=1S/C23H21NO4S/c1-17(28-22(25)12-7-19-13-14-29-16-19)23(26)24-20-8-10-21(11-9-20)27-15-18-5-3-2-4-6-18/h2-14,16-17H,15H2,1H3,(H,24,26)/b12-7+/t17-/m0/s1. The molecule has 0 aliphatic heterocycles. The molecule has 0 bridgehead atoms. The fourth-order valence-corrected chi connectivity index (χ4v) is 3.05. The Balaban J connectivity index is 1.46. The van der Waals surface area contributed by atoms with E-state index in [4.69, 9.17) is 9.47 Å². The molecular formula is C23H21NO4S. The average molecular weight is 407 g/mol. The molecule has 5 nitrogen and oxygen atoms in total. The Morgan fingerprint density at radius 3 is 2.52 bits per heavy atom. The van der Waals surface area contributed by atoms with Crippen LogP contribution in [0.4, 0.5) is 5.69 Å². The summed E-state index contributed by atoms with van der Waals surface area (Å²) in [6.07, 6.45) is 2.05. The molecule has 1 aromatic heterocycles. The molecule has 29 heavy (non-hydrogen) atoms. The van der Waals surface area contributed by atoms with Crippen LogP contribution in [0.15, 0.2) is 77.5 Å². The number of ether oxygens (including phenoxy) is 2. The van der Waals surface area contributed by atoms with Gasteiger partial charge in [0, 0.05) is 11.8 Å². The third-order valence-corrected chi connectivity index (χ3v) is 4.69. The molecule has 148 valence electrons. The molecule has 3 aromatic rings. The van der Waals surface area contributed by atoms with Gasteiger partial charge in [-0.25, -0.2) is 4.79 Å².